The zero-order valence-corrected chi connectivity index (χ0v) is 17.9. The first-order chi connectivity index (χ1) is 15.8. The van der Waals surface area contributed by atoms with E-state index in [9.17, 15) is 24.2 Å². The highest BCUT2D eigenvalue weighted by atomic mass is 19.1. The number of hydrogen-bond donors (Lipinski definition) is 2. The molecule has 0 radical (unpaired) electrons. The average molecular weight is 451 g/mol. The minimum absolute atomic E-state index is 0.0773. The van der Waals surface area contributed by atoms with Gasteiger partial charge >= 0.3 is 11.9 Å². The maximum atomic E-state index is 13.5. The third-order valence-corrected chi connectivity index (χ3v) is 6.54. The first-order valence-corrected chi connectivity index (χ1v) is 10.7. The SMILES string of the molecule is Cn1cc([C@H](C(=O)O)N2CCC(c3noc4cc(F)ccc34)CC2)c2cc(C(=O)O)ccc21. The van der Waals surface area contributed by atoms with Crippen molar-refractivity contribution in [2.75, 3.05) is 13.1 Å². The Morgan fingerprint density at radius 1 is 1.12 bits per heavy atom. The first kappa shape index (κ1) is 21.1. The number of nitrogens with zero attached hydrogens (tertiary/aromatic N) is 3. The second kappa shape index (κ2) is 8.00. The zero-order chi connectivity index (χ0) is 23.3. The van der Waals surface area contributed by atoms with Crippen molar-refractivity contribution in [1.29, 1.82) is 0 Å². The smallest absolute Gasteiger partial charge is 0.335 e. The molecule has 0 aliphatic carbocycles. The molecule has 2 aromatic heterocycles. The van der Waals surface area contributed by atoms with Crippen LogP contribution in [-0.2, 0) is 11.8 Å². The minimum Gasteiger partial charge on any atom is -0.480 e. The predicted molar refractivity (Wildman–Crippen MR) is 118 cm³/mol. The molecule has 2 N–H and O–H groups in total. The lowest BCUT2D eigenvalue weighted by Gasteiger charge is -2.35. The van der Waals surface area contributed by atoms with Crippen molar-refractivity contribution in [2.45, 2.75) is 24.8 Å². The third-order valence-electron chi connectivity index (χ3n) is 6.54. The molecule has 33 heavy (non-hydrogen) atoms. The lowest BCUT2D eigenvalue weighted by molar-refractivity contribution is -0.144. The van der Waals surface area contributed by atoms with E-state index in [2.05, 4.69) is 5.16 Å². The standard InChI is InChI=1S/C24H22FN3O5/c1-27-12-18(17-10-14(23(29)30)2-5-19(17)27)22(24(31)32)28-8-6-13(7-9-28)21-16-4-3-15(25)11-20(16)33-26-21/h2-5,10-13,22H,6-9H2,1H3,(H,29,30)(H,31,32)/t22-/m1/s1. The summed E-state index contributed by atoms with van der Waals surface area (Å²) in [6.45, 7) is 1.04. The van der Waals surface area contributed by atoms with Gasteiger partial charge in [-0.05, 0) is 56.3 Å². The maximum absolute atomic E-state index is 13.5. The van der Waals surface area contributed by atoms with Gasteiger partial charge in [0.05, 0.1) is 11.3 Å². The summed E-state index contributed by atoms with van der Waals surface area (Å²) in [7, 11) is 1.82. The molecule has 1 aliphatic heterocycles. The van der Waals surface area contributed by atoms with Gasteiger partial charge in [0.25, 0.3) is 0 Å². The summed E-state index contributed by atoms with van der Waals surface area (Å²) in [5, 5.41) is 25.1. The molecule has 0 unspecified atom stereocenters. The number of benzene rings is 2. The summed E-state index contributed by atoms with van der Waals surface area (Å²) in [6.07, 6.45) is 3.11. The molecule has 8 nitrogen and oxygen atoms in total. The molecule has 0 amide bonds. The normalized spacial score (nSPS) is 16.4. The Hall–Kier alpha value is -3.72. The highest BCUT2D eigenvalue weighted by Crippen LogP contribution is 2.37. The first-order valence-electron chi connectivity index (χ1n) is 10.7. The lowest BCUT2D eigenvalue weighted by atomic mass is 9.90. The van der Waals surface area contributed by atoms with Crippen molar-refractivity contribution in [1.82, 2.24) is 14.6 Å². The molecule has 9 heteroatoms. The molecule has 1 atom stereocenters. The van der Waals surface area contributed by atoms with Crippen LogP contribution < -0.4 is 0 Å². The number of hydrogen-bond acceptors (Lipinski definition) is 5. The number of rotatable bonds is 5. The van der Waals surface area contributed by atoms with Crippen LogP contribution in [0, 0.1) is 5.82 Å². The molecule has 1 fully saturated rings. The summed E-state index contributed by atoms with van der Waals surface area (Å²) < 4.78 is 20.6. The molecule has 0 spiro atoms. The summed E-state index contributed by atoms with van der Waals surface area (Å²) in [4.78, 5) is 25.7. The highest BCUT2D eigenvalue weighted by Gasteiger charge is 2.34. The number of aromatic nitrogens is 2. The largest absolute Gasteiger partial charge is 0.480 e. The molecular weight excluding hydrogens is 429 g/mol. The Balaban J connectivity index is 1.43. The number of carboxylic acids is 2. The van der Waals surface area contributed by atoms with Crippen LogP contribution in [-0.4, -0.2) is 49.9 Å². The summed E-state index contributed by atoms with van der Waals surface area (Å²) in [6, 6.07) is 8.21. The third kappa shape index (κ3) is 3.64. The number of aryl methyl sites for hydroxylation is 1. The van der Waals surface area contributed by atoms with E-state index in [1.807, 2.05) is 16.5 Å². The zero-order valence-electron chi connectivity index (χ0n) is 17.9. The summed E-state index contributed by atoms with van der Waals surface area (Å²) in [5.41, 5.74) is 2.64. The van der Waals surface area contributed by atoms with Gasteiger partial charge in [-0.25, -0.2) is 9.18 Å². The van der Waals surface area contributed by atoms with Crippen LogP contribution in [0.5, 0.6) is 0 Å². The number of carboxylic acid groups (broad SMARTS) is 2. The Labute approximate surface area is 187 Å². The van der Waals surface area contributed by atoms with Gasteiger partial charge in [0.15, 0.2) is 5.58 Å². The second-order valence-electron chi connectivity index (χ2n) is 8.49. The van der Waals surface area contributed by atoms with Crippen molar-refractivity contribution in [3.8, 4) is 0 Å². The van der Waals surface area contributed by atoms with Crippen LogP contribution in [0.15, 0.2) is 47.1 Å². The summed E-state index contributed by atoms with van der Waals surface area (Å²) in [5.74, 6) is -2.35. The topological polar surface area (TPSA) is 109 Å². The van der Waals surface area contributed by atoms with Crippen molar-refractivity contribution in [3.63, 3.8) is 0 Å². The number of halogens is 1. The van der Waals surface area contributed by atoms with Crippen LogP contribution >= 0.6 is 0 Å². The van der Waals surface area contributed by atoms with Crippen LogP contribution in [0.2, 0.25) is 0 Å². The fourth-order valence-corrected chi connectivity index (χ4v) is 4.92. The van der Waals surface area contributed by atoms with Crippen LogP contribution in [0.4, 0.5) is 4.39 Å². The molecule has 4 aromatic rings. The minimum atomic E-state index is -1.06. The number of aliphatic carboxylic acids is 1. The molecule has 5 rings (SSSR count). The van der Waals surface area contributed by atoms with Gasteiger partial charge in [-0.15, -0.1) is 0 Å². The van der Waals surface area contributed by atoms with Crippen molar-refractivity contribution in [3.05, 3.63) is 65.2 Å². The maximum Gasteiger partial charge on any atom is 0.335 e. The number of fused-ring (bicyclic) bond motifs is 2. The van der Waals surface area contributed by atoms with Gasteiger partial charge in [0, 0.05) is 47.1 Å². The molecule has 170 valence electrons. The van der Waals surface area contributed by atoms with E-state index in [4.69, 9.17) is 4.52 Å². The van der Waals surface area contributed by atoms with E-state index in [0.717, 1.165) is 16.6 Å². The lowest BCUT2D eigenvalue weighted by Crippen LogP contribution is -2.39. The van der Waals surface area contributed by atoms with Crippen LogP contribution in [0.1, 0.15) is 46.4 Å². The molecule has 1 saturated heterocycles. The van der Waals surface area contributed by atoms with E-state index in [-0.39, 0.29) is 17.3 Å². The van der Waals surface area contributed by atoms with Gasteiger partial charge in [-0.2, -0.15) is 0 Å². The van der Waals surface area contributed by atoms with Gasteiger partial charge in [0.2, 0.25) is 0 Å². The molecular formula is C24H22FN3O5. The molecule has 0 saturated carbocycles. The van der Waals surface area contributed by atoms with Gasteiger partial charge in [-0.1, -0.05) is 5.16 Å². The second-order valence-corrected chi connectivity index (χ2v) is 8.49. The van der Waals surface area contributed by atoms with Gasteiger partial charge in [-0.3, -0.25) is 9.69 Å². The highest BCUT2D eigenvalue weighted by molar-refractivity contribution is 5.96. The number of carbonyl (C=O) groups is 2. The fraction of sp³-hybridized carbons (Fsp3) is 0.292. The molecule has 3 heterocycles. The van der Waals surface area contributed by atoms with E-state index in [1.54, 1.807) is 18.3 Å². The summed E-state index contributed by atoms with van der Waals surface area (Å²) >= 11 is 0. The van der Waals surface area contributed by atoms with E-state index in [0.29, 0.717) is 42.5 Å². The van der Waals surface area contributed by atoms with E-state index >= 15 is 0 Å². The predicted octanol–water partition coefficient (Wildman–Crippen LogP) is 4.16. The quantitative estimate of drug-likeness (QED) is 0.469. The molecule has 2 aromatic carbocycles. The Morgan fingerprint density at radius 3 is 2.58 bits per heavy atom. The van der Waals surface area contributed by atoms with Gasteiger partial charge < -0.3 is 19.3 Å². The van der Waals surface area contributed by atoms with Crippen molar-refractivity contribution in [2.24, 2.45) is 7.05 Å². The van der Waals surface area contributed by atoms with Crippen molar-refractivity contribution >= 4 is 33.8 Å². The Bertz CT molecular complexity index is 1380. The number of likely N-dealkylation sites (tertiary alicyclic amines) is 1. The van der Waals surface area contributed by atoms with Crippen LogP contribution in [0.25, 0.3) is 21.9 Å². The van der Waals surface area contributed by atoms with Crippen LogP contribution in [0.3, 0.4) is 0 Å². The monoisotopic (exact) mass is 451 g/mol. The Kier molecular flexibility index (Phi) is 5.13. The fourth-order valence-electron chi connectivity index (χ4n) is 4.92. The van der Waals surface area contributed by atoms with E-state index < -0.39 is 18.0 Å². The molecule has 0 bridgehead atoms. The van der Waals surface area contributed by atoms with Gasteiger partial charge in [0.1, 0.15) is 11.9 Å². The number of piperidine rings is 1. The molecule has 1 aliphatic rings. The van der Waals surface area contributed by atoms with E-state index in [1.165, 1.54) is 24.3 Å². The average Bonchev–Trinajstić information content (AvgIpc) is 3.35. The Morgan fingerprint density at radius 2 is 1.88 bits per heavy atom. The number of aromatic carboxylic acids is 1. The van der Waals surface area contributed by atoms with Crippen molar-refractivity contribution < 1.29 is 28.7 Å².